The Hall–Kier alpha value is -3.03. The van der Waals surface area contributed by atoms with E-state index in [4.69, 9.17) is 9.47 Å². The van der Waals surface area contributed by atoms with Crippen LogP contribution in [0.1, 0.15) is 18.9 Å². The number of benzene rings is 2. The molecule has 1 amide bonds. The van der Waals surface area contributed by atoms with Gasteiger partial charge in [0.1, 0.15) is 17.3 Å². The second-order valence-electron chi connectivity index (χ2n) is 6.08. The lowest BCUT2D eigenvalue weighted by molar-refractivity contribution is -0.153. The summed E-state index contributed by atoms with van der Waals surface area (Å²) >= 11 is 0. The van der Waals surface area contributed by atoms with Gasteiger partial charge in [-0.2, -0.15) is 13.2 Å². The fraction of sp³-hybridized carbons (Fsp3) is 0.300. The first-order valence-corrected chi connectivity index (χ1v) is 8.52. The van der Waals surface area contributed by atoms with Gasteiger partial charge in [0, 0.05) is 6.42 Å². The van der Waals surface area contributed by atoms with E-state index in [1.54, 1.807) is 30.3 Å². The average molecular weight is 395 g/mol. The zero-order valence-electron chi connectivity index (χ0n) is 15.2. The van der Waals surface area contributed by atoms with E-state index in [0.29, 0.717) is 18.6 Å². The lowest BCUT2D eigenvalue weighted by atomic mass is 10.1. The maximum Gasteiger partial charge on any atom is 0.422 e. The van der Waals surface area contributed by atoms with Crippen LogP contribution in [-0.2, 0) is 16.0 Å². The van der Waals surface area contributed by atoms with E-state index in [9.17, 15) is 22.8 Å². The van der Waals surface area contributed by atoms with Crippen molar-refractivity contribution in [1.82, 2.24) is 0 Å². The highest BCUT2D eigenvalue weighted by atomic mass is 19.4. The third-order valence-corrected chi connectivity index (χ3v) is 3.61. The molecule has 0 fully saturated rings. The quantitative estimate of drug-likeness (QED) is 0.692. The standard InChI is InChI=1S/C20H20F3NO4/c1-14(25)6-7-15-8-10-16(11-9-15)27-12-19(26)24-17-4-2-3-5-18(17)28-13-20(21,22)23/h2-5,8-11H,6-7,12-13H2,1H3,(H,24,26). The Morgan fingerprint density at radius 2 is 1.68 bits per heavy atom. The number of ketones is 1. The number of hydrogen-bond acceptors (Lipinski definition) is 4. The molecule has 28 heavy (non-hydrogen) atoms. The van der Waals surface area contributed by atoms with Crippen LogP contribution in [0.5, 0.6) is 11.5 Å². The van der Waals surface area contributed by atoms with Crippen LogP contribution in [0, 0.1) is 0 Å². The fourth-order valence-electron chi connectivity index (χ4n) is 2.26. The van der Waals surface area contributed by atoms with E-state index in [0.717, 1.165) is 5.56 Å². The maximum absolute atomic E-state index is 12.3. The summed E-state index contributed by atoms with van der Waals surface area (Å²) in [6.45, 7) is -0.241. The van der Waals surface area contributed by atoms with E-state index in [1.165, 1.54) is 25.1 Å². The van der Waals surface area contributed by atoms with Gasteiger partial charge in [0.25, 0.3) is 5.91 Å². The first kappa shape index (κ1) is 21.3. The molecular formula is C20H20F3NO4. The summed E-state index contributed by atoms with van der Waals surface area (Å²) < 4.78 is 47.0. The Kier molecular flexibility index (Phi) is 7.43. The van der Waals surface area contributed by atoms with Crippen molar-refractivity contribution in [2.24, 2.45) is 0 Å². The van der Waals surface area contributed by atoms with E-state index in [2.05, 4.69) is 5.32 Å². The second-order valence-corrected chi connectivity index (χ2v) is 6.08. The van der Waals surface area contributed by atoms with Gasteiger partial charge in [-0.05, 0) is 43.2 Å². The molecule has 0 aromatic heterocycles. The van der Waals surface area contributed by atoms with Crippen molar-refractivity contribution in [1.29, 1.82) is 0 Å². The molecular weight excluding hydrogens is 375 g/mol. The molecule has 0 aliphatic carbocycles. The molecule has 1 N–H and O–H groups in total. The Morgan fingerprint density at radius 3 is 2.32 bits per heavy atom. The summed E-state index contributed by atoms with van der Waals surface area (Å²) in [6, 6.07) is 12.8. The predicted molar refractivity (Wildman–Crippen MR) is 97.6 cm³/mol. The van der Waals surface area contributed by atoms with Crippen LogP contribution >= 0.6 is 0 Å². The molecule has 150 valence electrons. The Morgan fingerprint density at radius 1 is 1.00 bits per heavy atom. The first-order chi connectivity index (χ1) is 13.2. The Balaban J connectivity index is 1.86. The van der Waals surface area contributed by atoms with Gasteiger partial charge in [-0.1, -0.05) is 24.3 Å². The number of aryl methyl sites for hydroxylation is 1. The molecule has 0 unspecified atom stereocenters. The maximum atomic E-state index is 12.3. The van der Waals surface area contributed by atoms with Gasteiger partial charge in [0.05, 0.1) is 5.69 Å². The number of rotatable bonds is 9. The van der Waals surface area contributed by atoms with Crippen molar-refractivity contribution in [3.8, 4) is 11.5 Å². The highest BCUT2D eigenvalue weighted by Gasteiger charge is 2.28. The minimum Gasteiger partial charge on any atom is -0.484 e. The lowest BCUT2D eigenvalue weighted by Crippen LogP contribution is -2.22. The van der Waals surface area contributed by atoms with E-state index >= 15 is 0 Å². The summed E-state index contributed by atoms with van der Waals surface area (Å²) in [5.41, 5.74) is 1.10. The highest BCUT2D eigenvalue weighted by molar-refractivity contribution is 5.93. The summed E-state index contributed by atoms with van der Waals surface area (Å²) in [5, 5.41) is 2.47. The van der Waals surface area contributed by atoms with Gasteiger partial charge in [-0.3, -0.25) is 4.79 Å². The van der Waals surface area contributed by atoms with Crippen molar-refractivity contribution in [3.05, 3.63) is 54.1 Å². The smallest absolute Gasteiger partial charge is 0.422 e. The monoisotopic (exact) mass is 395 g/mol. The van der Waals surface area contributed by atoms with Crippen molar-refractivity contribution < 1.29 is 32.2 Å². The normalized spacial score (nSPS) is 11.0. The van der Waals surface area contributed by atoms with Crippen LogP contribution in [0.3, 0.4) is 0 Å². The molecule has 0 radical (unpaired) electrons. The number of para-hydroxylation sites is 2. The highest BCUT2D eigenvalue weighted by Crippen LogP contribution is 2.26. The van der Waals surface area contributed by atoms with Gasteiger partial charge < -0.3 is 19.6 Å². The van der Waals surface area contributed by atoms with E-state index in [1.807, 2.05) is 0 Å². The molecule has 5 nitrogen and oxygen atoms in total. The van der Waals surface area contributed by atoms with Gasteiger partial charge in [-0.25, -0.2) is 0 Å². The van der Waals surface area contributed by atoms with Gasteiger partial charge in [0.15, 0.2) is 13.2 Å². The third kappa shape index (κ3) is 7.69. The summed E-state index contributed by atoms with van der Waals surface area (Å²) in [6.07, 6.45) is -3.39. The lowest BCUT2D eigenvalue weighted by Gasteiger charge is -2.14. The molecule has 0 aliphatic heterocycles. The Bertz CT molecular complexity index is 804. The number of nitrogens with one attached hydrogen (secondary N) is 1. The molecule has 0 aliphatic rings. The summed E-state index contributed by atoms with van der Waals surface area (Å²) in [5.74, 6) is -0.0495. The number of Topliss-reactive ketones (excluding diaryl/α,β-unsaturated/α-hetero) is 1. The van der Waals surface area contributed by atoms with Crippen LogP contribution < -0.4 is 14.8 Å². The summed E-state index contributed by atoms with van der Waals surface area (Å²) in [4.78, 5) is 23.0. The third-order valence-electron chi connectivity index (χ3n) is 3.61. The molecule has 2 aromatic rings. The number of carbonyl (C=O) groups excluding carboxylic acids is 2. The van der Waals surface area contributed by atoms with Crippen molar-refractivity contribution in [2.75, 3.05) is 18.5 Å². The zero-order valence-corrected chi connectivity index (χ0v) is 15.2. The minimum absolute atomic E-state index is 0.0806. The van der Waals surface area contributed by atoms with E-state index in [-0.39, 0.29) is 23.8 Å². The van der Waals surface area contributed by atoms with Gasteiger partial charge in [-0.15, -0.1) is 0 Å². The number of hydrogen-bond donors (Lipinski definition) is 1. The number of alkyl halides is 3. The molecule has 8 heteroatoms. The molecule has 2 rings (SSSR count). The molecule has 0 saturated heterocycles. The number of amides is 1. The first-order valence-electron chi connectivity index (χ1n) is 8.52. The van der Waals surface area contributed by atoms with Crippen LogP contribution in [0.2, 0.25) is 0 Å². The van der Waals surface area contributed by atoms with Crippen LogP contribution in [-0.4, -0.2) is 31.1 Å². The Labute approximate surface area is 160 Å². The number of halogens is 3. The molecule has 0 saturated carbocycles. The fourth-order valence-corrected chi connectivity index (χ4v) is 2.26. The number of carbonyl (C=O) groups is 2. The van der Waals surface area contributed by atoms with E-state index < -0.39 is 18.7 Å². The van der Waals surface area contributed by atoms with Crippen LogP contribution in [0.4, 0.5) is 18.9 Å². The van der Waals surface area contributed by atoms with Crippen molar-refractivity contribution >= 4 is 17.4 Å². The average Bonchev–Trinajstić information content (AvgIpc) is 2.64. The van der Waals surface area contributed by atoms with Crippen LogP contribution in [0.25, 0.3) is 0 Å². The molecule has 2 aromatic carbocycles. The van der Waals surface area contributed by atoms with Crippen molar-refractivity contribution in [2.45, 2.75) is 25.9 Å². The van der Waals surface area contributed by atoms with Gasteiger partial charge in [0.2, 0.25) is 0 Å². The summed E-state index contributed by atoms with van der Waals surface area (Å²) in [7, 11) is 0. The number of anilines is 1. The topological polar surface area (TPSA) is 64.6 Å². The number of ether oxygens (including phenoxy) is 2. The second kappa shape index (κ2) is 9.77. The van der Waals surface area contributed by atoms with Crippen LogP contribution in [0.15, 0.2) is 48.5 Å². The minimum atomic E-state index is -4.48. The SMILES string of the molecule is CC(=O)CCc1ccc(OCC(=O)Nc2ccccc2OCC(F)(F)F)cc1. The van der Waals surface area contributed by atoms with Gasteiger partial charge >= 0.3 is 6.18 Å². The zero-order chi connectivity index (χ0) is 20.6. The molecule has 0 atom stereocenters. The molecule has 0 heterocycles. The molecule has 0 spiro atoms. The predicted octanol–water partition coefficient (Wildman–Crippen LogP) is 4.17. The largest absolute Gasteiger partial charge is 0.484 e. The molecule has 0 bridgehead atoms. The van der Waals surface area contributed by atoms with Crippen molar-refractivity contribution in [3.63, 3.8) is 0 Å².